The van der Waals surface area contributed by atoms with Crippen molar-refractivity contribution in [1.29, 1.82) is 0 Å². The number of aromatic nitrogens is 7. The number of hydrogen-bond donors (Lipinski definition) is 4. The molecule has 0 bridgehead atoms. The number of carbonyl (C=O) groups is 4. The molecule has 139 heavy (non-hydrogen) atoms. The molecule has 0 fully saturated rings. The van der Waals surface area contributed by atoms with Crippen molar-refractivity contribution in [3.8, 4) is 45.2 Å². The Morgan fingerprint density at radius 3 is 0.849 bits per heavy atom. The van der Waals surface area contributed by atoms with Gasteiger partial charge in [-0.1, -0.05) is 53.7 Å². The molecule has 0 amide bonds. The molecule has 33 heteroatoms. The third-order valence-electron chi connectivity index (χ3n) is 24.3. The van der Waals surface area contributed by atoms with E-state index >= 15 is 35.1 Å². The summed E-state index contributed by atoms with van der Waals surface area (Å²) in [6.07, 6.45) is 20.4. The fourth-order valence-corrected chi connectivity index (χ4v) is 18.7. The number of aryl methyl sites for hydroxylation is 3. The van der Waals surface area contributed by atoms with E-state index in [-0.39, 0.29) is 94.9 Å². The number of halogens is 12. The predicted octanol–water partition coefficient (Wildman–Crippen LogP) is 22.4. The molecule has 12 aromatic rings. The fraction of sp³-hybridized carbons (Fsp3) is 0.330. The van der Waals surface area contributed by atoms with E-state index in [1.807, 2.05) is 103 Å². The Morgan fingerprint density at radius 2 is 0.633 bits per heavy atom. The number of hydrogen-bond acceptors (Lipinski definition) is 15. The maximum absolute atomic E-state index is 15.4. The predicted molar refractivity (Wildman–Crippen MR) is 503 cm³/mol. The van der Waals surface area contributed by atoms with E-state index in [1.165, 1.54) is 67.8 Å². The number of fused-ring (bicyclic) bond motifs is 4. The number of carboxylic acids is 4. The van der Waals surface area contributed by atoms with Crippen LogP contribution in [0.1, 0.15) is 202 Å². The topological polar surface area (TPSA) is 263 Å². The first-order valence-corrected chi connectivity index (χ1v) is 44.9. The van der Waals surface area contributed by atoms with Gasteiger partial charge in [0.25, 0.3) is 5.89 Å². The van der Waals surface area contributed by atoms with E-state index in [9.17, 15) is 36.7 Å². The summed E-state index contributed by atoms with van der Waals surface area (Å²) in [4.78, 5) is 58.8. The zero-order valence-electron chi connectivity index (χ0n) is 79.1. The minimum absolute atomic E-state index is 0.0117. The zero-order chi connectivity index (χ0) is 101. The zero-order valence-corrected chi connectivity index (χ0v) is 79.1. The van der Waals surface area contributed by atoms with Crippen molar-refractivity contribution in [2.75, 3.05) is 26.2 Å². The van der Waals surface area contributed by atoms with Gasteiger partial charge < -0.3 is 29.4 Å². The Labute approximate surface area is 796 Å². The van der Waals surface area contributed by atoms with Crippen molar-refractivity contribution >= 4 is 48.2 Å². The number of aliphatic carboxylic acids is 4. The van der Waals surface area contributed by atoms with Gasteiger partial charge in [0.15, 0.2) is 5.82 Å². The van der Waals surface area contributed by atoms with E-state index in [0.29, 0.717) is 71.1 Å². The largest absolute Gasteiger partial charge is 0.478 e. The molecule has 4 aliphatic rings. The highest BCUT2D eigenvalue weighted by Crippen LogP contribution is 2.49. The van der Waals surface area contributed by atoms with E-state index in [2.05, 4.69) is 25.3 Å². The number of benzene rings is 8. The lowest BCUT2D eigenvalue weighted by Gasteiger charge is -2.44. The Bertz CT molecular complexity index is 6130. The van der Waals surface area contributed by atoms with Gasteiger partial charge in [-0.3, -0.25) is 29.0 Å². The second-order valence-corrected chi connectivity index (χ2v) is 38.1. The van der Waals surface area contributed by atoms with Crippen LogP contribution in [0.25, 0.3) is 69.5 Å². The van der Waals surface area contributed by atoms with Gasteiger partial charge in [0, 0.05) is 146 Å². The highest BCUT2D eigenvalue weighted by molar-refractivity contribution is 5.87. The van der Waals surface area contributed by atoms with Crippen LogP contribution in [0.15, 0.2) is 192 Å². The van der Waals surface area contributed by atoms with Crippen LogP contribution in [0, 0.1) is 53.5 Å². The second kappa shape index (κ2) is 42.0. The van der Waals surface area contributed by atoms with Crippen molar-refractivity contribution < 1.29 is 101 Å². The molecular weight excluding hydrogens is 1820 g/mol. The van der Waals surface area contributed by atoms with Gasteiger partial charge in [0.05, 0.1) is 42.8 Å². The van der Waals surface area contributed by atoms with E-state index < -0.39 is 117 Å². The summed E-state index contributed by atoms with van der Waals surface area (Å²) in [5.41, 5.74) is 4.71. The van der Waals surface area contributed by atoms with E-state index in [1.54, 1.807) is 72.5 Å². The van der Waals surface area contributed by atoms with Crippen molar-refractivity contribution in [1.82, 2.24) is 54.3 Å². The lowest BCUT2D eigenvalue weighted by molar-refractivity contribution is -0.132. The summed E-state index contributed by atoms with van der Waals surface area (Å²) in [5, 5.41) is 47.6. The first-order chi connectivity index (χ1) is 65.3. The molecule has 4 aliphatic heterocycles. The molecule has 0 saturated heterocycles. The maximum atomic E-state index is 15.4. The summed E-state index contributed by atoms with van der Waals surface area (Å²) in [6.45, 7) is 20.8. The lowest BCUT2D eigenvalue weighted by Crippen LogP contribution is -2.48. The van der Waals surface area contributed by atoms with Crippen molar-refractivity contribution in [2.24, 2.45) is 14.1 Å². The van der Waals surface area contributed by atoms with Crippen LogP contribution >= 0.6 is 0 Å². The lowest BCUT2D eigenvalue weighted by atomic mass is 9.82. The molecule has 4 N–H and O–H groups in total. The monoisotopic (exact) mass is 1920 g/mol. The SMILES string of the molecule is CC1Cc2cc(-c3cnn(C)c3)ccc2C(c2c(F)cc(/C=C/C(=O)O)cc2F)N1CC(C)(C)F.CC1Cc2cc(-c3ncco3)ccc2C(c2c(F)cc(/C=C/C(=O)O)cc2F)N1CC(C)(C)F.C[C@H]1Cc2cc(-c3cnn(C)c3)ccc2[C@H](c2c(F)cc(/C=C/C(=O)O)cc2F)N1CC(C)(C)F.Cc1noc(-c2ccc3c(c2)CC(C)N(CC(C)(C)F)C3c2c(F)cc(/C=C/C(=O)O)cc2F)n1. The van der Waals surface area contributed by atoms with Gasteiger partial charge in [-0.2, -0.15) is 15.2 Å². The molecule has 0 saturated carbocycles. The summed E-state index contributed by atoms with van der Waals surface area (Å²) in [6, 6.07) is 26.9. The van der Waals surface area contributed by atoms with E-state index in [4.69, 9.17) is 29.4 Å². The first-order valence-electron chi connectivity index (χ1n) is 44.9. The van der Waals surface area contributed by atoms with Gasteiger partial charge in [-0.25, -0.2) is 76.8 Å². The molecule has 4 aromatic heterocycles. The van der Waals surface area contributed by atoms with Crippen LogP contribution in [-0.4, -0.2) is 172 Å². The molecule has 0 aliphatic carbocycles. The van der Waals surface area contributed by atoms with Crippen LogP contribution in [0.5, 0.6) is 0 Å². The van der Waals surface area contributed by atoms with Gasteiger partial charge >= 0.3 is 23.9 Å². The third kappa shape index (κ3) is 25.1. The standard InChI is InChI=1S/2C27H28F3N3O2.C26H26F3N3O3.C26H25F3N2O3/c2*1-16-9-19-12-18(20-13-31-32(4)14-20)6-7-21(19)26(33(16)15-27(2,3)30)25-22(28)10-17(11-23(25)29)5-8-24(34)35;1-14-9-18-12-17(25-30-15(2)31-35-25)6-7-19(18)24(32(14)13-26(3,4)29)23-20(27)10-16(11-21(23)28)5-8-22(33)34;1-15-10-18-13-17(25-30-8-9-34-25)5-6-19(18)24(31(15)14-26(2,3)29)23-20(27)11-16(12-21(23)28)4-7-22(32)33/h2*5-8,10-14,16,26H,9,15H2,1-4H3,(H,34,35);5-8,10-12,14,24H,9,13H2,1-4H3,(H,33,34);4-9,11-13,15,24H,10,14H2,1-3H3,(H,32,33)/b3*8-5+;7-4+/t16-,26+;;;/m0.../s1. The Balaban J connectivity index is 0.000000156. The van der Waals surface area contributed by atoms with Crippen molar-refractivity contribution in [3.63, 3.8) is 0 Å². The summed E-state index contributed by atoms with van der Waals surface area (Å²) in [7, 11) is 3.66. The molecule has 8 atom stereocenters. The minimum Gasteiger partial charge on any atom is -0.478 e. The molecule has 8 heterocycles. The van der Waals surface area contributed by atoms with E-state index in [0.717, 1.165) is 147 Å². The highest BCUT2D eigenvalue weighted by atomic mass is 19.2. The van der Waals surface area contributed by atoms with Gasteiger partial charge in [-0.05, 0) is 291 Å². The molecule has 0 spiro atoms. The summed E-state index contributed by atoms with van der Waals surface area (Å²) in [5.74, 6) is -10.2. The summed E-state index contributed by atoms with van der Waals surface area (Å²) >= 11 is 0. The van der Waals surface area contributed by atoms with Crippen molar-refractivity contribution in [3.05, 3.63) is 324 Å². The molecular formula is C106H107F12N11O10. The molecule has 0 radical (unpaired) electrons. The van der Waals surface area contributed by atoms with Gasteiger partial charge in [0.2, 0.25) is 5.89 Å². The Morgan fingerprint density at radius 1 is 0.381 bits per heavy atom. The minimum atomic E-state index is -1.61. The average Bonchev–Trinajstić information content (AvgIpc) is 1.60. The van der Waals surface area contributed by atoms with Gasteiger partial charge in [0.1, 0.15) is 75.5 Å². The molecule has 21 nitrogen and oxygen atoms in total. The van der Waals surface area contributed by atoms with Crippen LogP contribution in [0.4, 0.5) is 52.7 Å². The normalized spacial score (nSPS) is 18.8. The first kappa shape index (κ1) is 103. The van der Waals surface area contributed by atoms with Gasteiger partial charge in [-0.15, -0.1) is 0 Å². The maximum Gasteiger partial charge on any atom is 0.328 e. The molecule has 8 aromatic carbocycles. The highest BCUT2D eigenvalue weighted by Gasteiger charge is 2.45. The molecule has 730 valence electrons. The quantitative estimate of drug-likeness (QED) is 0.0324. The number of oxazole rings is 1. The van der Waals surface area contributed by atoms with Crippen LogP contribution in [0.2, 0.25) is 0 Å². The van der Waals surface area contributed by atoms with Crippen LogP contribution in [-0.2, 0) is 59.0 Å². The number of rotatable bonds is 24. The van der Waals surface area contributed by atoms with Crippen LogP contribution < -0.4 is 0 Å². The molecule has 16 rings (SSSR count). The third-order valence-corrected chi connectivity index (χ3v) is 24.3. The Kier molecular flexibility index (Phi) is 31.0. The number of alkyl halides is 4. The fourth-order valence-electron chi connectivity index (χ4n) is 18.7. The van der Waals surface area contributed by atoms with Crippen LogP contribution in [0.3, 0.4) is 0 Å². The summed E-state index contributed by atoms with van der Waals surface area (Å²) < 4.78 is 197. The molecule has 6 unspecified atom stereocenters. The number of nitrogens with zero attached hydrogens (tertiary/aromatic N) is 11. The number of carboxylic acid groups (broad SMARTS) is 4. The Hall–Kier alpha value is -13.6. The van der Waals surface area contributed by atoms with Crippen molar-refractivity contribution in [2.45, 2.75) is 187 Å². The average molecular weight is 1920 g/mol. The smallest absolute Gasteiger partial charge is 0.328 e. The second-order valence-electron chi connectivity index (χ2n) is 38.1.